The molecule has 0 unspecified atom stereocenters. The second-order valence-electron chi connectivity index (χ2n) is 6.28. The zero-order chi connectivity index (χ0) is 18.2. The minimum absolute atomic E-state index is 0.405. The van der Waals surface area contributed by atoms with E-state index in [2.05, 4.69) is 19.2 Å². The summed E-state index contributed by atoms with van der Waals surface area (Å²) in [5.74, 6) is 1.85. The van der Waals surface area contributed by atoms with Gasteiger partial charge in [0.05, 0.1) is 11.6 Å². The van der Waals surface area contributed by atoms with Crippen molar-refractivity contribution < 1.29 is 9.47 Å². The van der Waals surface area contributed by atoms with Crippen LogP contribution in [-0.4, -0.2) is 13.2 Å². The number of nitrogens with one attached hydrogen (secondary N) is 1. The van der Waals surface area contributed by atoms with Crippen molar-refractivity contribution in [3.63, 3.8) is 0 Å². The highest BCUT2D eigenvalue weighted by Crippen LogP contribution is 2.37. The van der Waals surface area contributed by atoms with Crippen LogP contribution < -0.4 is 14.8 Å². The smallest absolute Gasteiger partial charge is 0.180 e. The molecule has 0 aliphatic heterocycles. The molecule has 2 aromatic carbocycles. The molecule has 0 amide bonds. The zero-order valence-corrected chi connectivity index (χ0v) is 16.5. The highest BCUT2D eigenvalue weighted by molar-refractivity contribution is 6.32. The Bertz CT molecular complexity index is 672. The molecule has 2 aromatic rings. The summed E-state index contributed by atoms with van der Waals surface area (Å²) in [6.07, 6.45) is 0. The van der Waals surface area contributed by atoms with Crippen LogP contribution in [-0.2, 0) is 13.2 Å². The van der Waals surface area contributed by atoms with Gasteiger partial charge in [0.25, 0.3) is 0 Å². The molecular formula is C20H25Cl2NO2. The molecule has 1 N–H and O–H groups in total. The molecule has 0 atom stereocenters. The molecule has 0 saturated carbocycles. The van der Waals surface area contributed by atoms with E-state index in [0.717, 1.165) is 24.2 Å². The average molecular weight is 382 g/mol. The van der Waals surface area contributed by atoms with E-state index in [-0.39, 0.29) is 0 Å². The molecule has 0 saturated heterocycles. The van der Waals surface area contributed by atoms with Crippen molar-refractivity contribution >= 4 is 23.2 Å². The lowest BCUT2D eigenvalue weighted by molar-refractivity contribution is 0.269. The Labute approximate surface area is 160 Å². The van der Waals surface area contributed by atoms with Crippen LogP contribution in [0.3, 0.4) is 0 Å². The third-order valence-corrected chi connectivity index (χ3v) is 4.08. The first-order valence-corrected chi connectivity index (χ1v) is 9.28. The van der Waals surface area contributed by atoms with Crippen molar-refractivity contribution in [3.05, 3.63) is 57.6 Å². The summed E-state index contributed by atoms with van der Waals surface area (Å²) in [5.41, 5.74) is 2.10. The maximum absolute atomic E-state index is 6.45. The largest absolute Gasteiger partial charge is 0.490 e. The molecule has 0 radical (unpaired) electrons. The number of halogens is 2. The zero-order valence-electron chi connectivity index (χ0n) is 14.9. The molecule has 25 heavy (non-hydrogen) atoms. The van der Waals surface area contributed by atoms with Gasteiger partial charge in [-0.2, -0.15) is 0 Å². The first-order valence-electron chi connectivity index (χ1n) is 8.52. The van der Waals surface area contributed by atoms with Crippen LogP contribution in [0.25, 0.3) is 0 Å². The van der Waals surface area contributed by atoms with Crippen molar-refractivity contribution in [1.82, 2.24) is 5.32 Å². The Balaban J connectivity index is 2.11. The maximum Gasteiger partial charge on any atom is 0.180 e. The van der Waals surface area contributed by atoms with Crippen molar-refractivity contribution in [2.45, 2.75) is 33.9 Å². The molecule has 0 fully saturated rings. The second kappa shape index (κ2) is 9.91. The highest BCUT2D eigenvalue weighted by atomic mass is 35.5. The molecule has 0 aliphatic rings. The Kier molecular flexibility index (Phi) is 7.89. The van der Waals surface area contributed by atoms with E-state index in [1.165, 1.54) is 0 Å². The van der Waals surface area contributed by atoms with Crippen LogP contribution >= 0.6 is 23.2 Å². The van der Waals surface area contributed by atoms with Crippen molar-refractivity contribution in [2.24, 2.45) is 5.92 Å². The van der Waals surface area contributed by atoms with Gasteiger partial charge in [0.2, 0.25) is 0 Å². The fourth-order valence-corrected chi connectivity index (χ4v) is 2.78. The number of ether oxygens (including phenoxy) is 2. The van der Waals surface area contributed by atoms with Gasteiger partial charge in [-0.3, -0.25) is 0 Å². The Morgan fingerprint density at radius 2 is 1.72 bits per heavy atom. The van der Waals surface area contributed by atoms with E-state index in [4.69, 9.17) is 32.7 Å². The molecule has 136 valence electrons. The number of hydrogen-bond acceptors (Lipinski definition) is 3. The lowest BCUT2D eigenvalue weighted by atomic mass is 10.1. The summed E-state index contributed by atoms with van der Waals surface area (Å²) in [4.78, 5) is 0. The Hall–Kier alpha value is -1.42. The minimum Gasteiger partial charge on any atom is -0.490 e. The van der Waals surface area contributed by atoms with Gasteiger partial charge < -0.3 is 14.8 Å². The summed E-state index contributed by atoms with van der Waals surface area (Å²) in [7, 11) is 0. The summed E-state index contributed by atoms with van der Waals surface area (Å²) in [6.45, 7) is 8.96. The SMILES string of the molecule is CCOc1cc(CNCC(C)C)cc(Cl)c1OCc1ccc(Cl)cc1. The lowest BCUT2D eigenvalue weighted by Gasteiger charge is -2.16. The van der Waals surface area contributed by atoms with E-state index in [1.54, 1.807) is 0 Å². The van der Waals surface area contributed by atoms with E-state index in [0.29, 0.717) is 40.7 Å². The summed E-state index contributed by atoms with van der Waals surface area (Å²) in [6, 6.07) is 11.5. The van der Waals surface area contributed by atoms with Crippen LogP contribution in [0.4, 0.5) is 0 Å². The fraction of sp³-hybridized carbons (Fsp3) is 0.400. The maximum atomic E-state index is 6.45. The molecule has 0 spiro atoms. The van der Waals surface area contributed by atoms with Gasteiger partial charge in [-0.25, -0.2) is 0 Å². The van der Waals surface area contributed by atoms with Gasteiger partial charge in [0.15, 0.2) is 11.5 Å². The summed E-state index contributed by atoms with van der Waals surface area (Å²) >= 11 is 12.4. The van der Waals surface area contributed by atoms with Gasteiger partial charge in [-0.15, -0.1) is 0 Å². The van der Waals surface area contributed by atoms with Crippen molar-refractivity contribution in [3.8, 4) is 11.5 Å². The van der Waals surface area contributed by atoms with E-state index < -0.39 is 0 Å². The average Bonchev–Trinajstić information content (AvgIpc) is 2.55. The van der Waals surface area contributed by atoms with Crippen LogP contribution in [0, 0.1) is 5.92 Å². The van der Waals surface area contributed by atoms with Crippen LogP contribution in [0.5, 0.6) is 11.5 Å². The van der Waals surface area contributed by atoms with Gasteiger partial charge in [-0.05, 0) is 54.8 Å². The van der Waals surface area contributed by atoms with E-state index in [9.17, 15) is 0 Å². The molecule has 0 aliphatic carbocycles. The van der Waals surface area contributed by atoms with E-state index >= 15 is 0 Å². The number of benzene rings is 2. The van der Waals surface area contributed by atoms with Crippen LogP contribution in [0.15, 0.2) is 36.4 Å². The predicted molar refractivity (Wildman–Crippen MR) is 105 cm³/mol. The summed E-state index contributed by atoms with van der Waals surface area (Å²) in [5, 5.41) is 4.67. The first kappa shape index (κ1) is 19.9. The second-order valence-corrected chi connectivity index (χ2v) is 7.12. The lowest BCUT2D eigenvalue weighted by Crippen LogP contribution is -2.19. The van der Waals surface area contributed by atoms with Gasteiger partial charge >= 0.3 is 0 Å². The van der Waals surface area contributed by atoms with Gasteiger partial charge in [0, 0.05) is 11.6 Å². The molecule has 3 nitrogen and oxygen atoms in total. The van der Waals surface area contributed by atoms with Crippen molar-refractivity contribution in [2.75, 3.05) is 13.2 Å². The van der Waals surface area contributed by atoms with Gasteiger partial charge in [0.1, 0.15) is 6.61 Å². The Morgan fingerprint density at radius 1 is 1.00 bits per heavy atom. The van der Waals surface area contributed by atoms with E-state index in [1.807, 2.05) is 43.3 Å². The summed E-state index contributed by atoms with van der Waals surface area (Å²) < 4.78 is 11.7. The first-order chi connectivity index (χ1) is 12.0. The number of hydrogen-bond donors (Lipinski definition) is 1. The highest BCUT2D eigenvalue weighted by Gasteiger charge is 2.13. The standard InChI is InChI=1S/C20H25Cl2NO2/c1-4-24-19-10-16(12-23-11-14(2)3)9-18(22)20(19)25-13-15-5-7-17(21)8-6-15/h5-10,14,23H,4,11-13H2,1-3H3. The molecule has 0 bridgehead atoms. The van der Waals surface area contributed by atoms with Crippen LogP contribution in [0.2, 0.25) is 10.0 Å². The third-order valence-electron chi connectivity index (χ3n) is 3.55. The number of rotatable bonds is 9. The third kappa shape index (κ3) is 6.43. The molecule has 5 heteroatoms. The quantitative estimate of drug-likeness (QED) is 0.602. The molecule has 2 rings (SSSR count). The van der Waals surface area contributed by atoms with Crippen LogP contribution in [0.1, 0.15) is 31.9 Å². The normalized spacial score (nSPS) is 11.0. The molecule has 0 aromatic heterocycles. The van der Waals surface area contributed by atoms with Gasteiger partial charge in [-0.1, -0.05) is 49.2 Å². The monoisotopic (exact) mass is 381 g/mol. The molecular weight excluding hydrogens is 357 g/mol. The topological polar surface area (TPSA) is 30.5 Å². The van der Waals surface area contributed by atoms with Crippen molar-refractivity contribution in [1.29, 1.82) is 0 Å². The molecule has 0 heterocycles. The predicted octanol–water partition coefficient (Wildman–Crippen LogP) is 5.72. The Morgan fingerprint density at radius 3 is 2.36 bits per heavy atom. The minimum atomic E-state index is 0.405. The fourth-order valence-electron chi connectivity index (χ4n) is 2.37.